The van der Waals surface area contributed by atoms with Gasteiger partial charge in [-0.05, 0) is 18.2 Å². The van der Waals surface area contributed by atoms with Crippen molar-refractivity contribution in [3.63, 3.8) is 0 Å². The zero-order valence-electron chi connectivity index (χ0n) is 8.05. The Balaban J connectivity index is 2.45. The third kappa shape index (κ3) is 1.68. The summed E-state index contributed by atoms with van der Waals surface area (Å²) in [5, 5.41) is 6.23. The van der Waals surface area contributed by atoms with Crippen LogP contribution in [0.4, 0.5) is 13.2 Å². The van der Waals surface area contributed by atoms with Gasteiger partial charge in [0.15, 0.2) is 0 Å². The van der Waals surface area contributed by atoms with Crippen LogP contribution >= 0.6 is 15.9 Å². The molecule has 1 heterocycles. The second-order valence-corrected chi connectivity index (χ2v) is 4.17. The Morgan fingerprint density at radius 1 is 1.25 bits per heavy atom. The molecule has 0 saturated heterocycles. The highest BCUT2D eigenvalue weighted by atomic mass is 79.9. The van der Waals surface area contributed by atoms with Gasteiger partial charge in [-0.3, -0.25) is 0 Å². The molecule has 0 spiro atoms. The van der Waals surface area contributed by atoms with Gasteiger partial charge >= 0.3 is 11.8 Å². The lowest BCUT2D eigenvalue weighted by molar-refractivity contribution is -0.166. The van der Waals surface area contributed by atoms with Gasteiger partial charge < -0.3 is 4.74 Å². The number of nitrogens with zero attached hydrogens (tertiary/aromatic N) is 2. The van der Waals surface area contributed by atoms with E-state index < -0.39 is 11.8 Å². The summed E-state index contributed by atoms with van der Waals surface area (Å²) in [6, 6.07) is 4.17. The highest BCUT2D eigenvalue weighted by Crippen LogP contribution is 2.53. The first-order valence-electron chi connectivity index (χ1n) is 4.25. The van der Waals surface area contributed by atoms with Crippen LogP contribution < -0.4 is 4.74 Å². The number of hydrogen-bond acceptors (Lipinski definition) is 3. The second-order valence-electron chi connectivity index (χ2n) is 3.25. The molecule has 1 aliphatic heterocycles. The van der Waals surface area contributed by atoms with Crippen molar-refractivity contribution >= 4 is 15.9 Å². The molecule has 1 aromatic carbocycles. The number of ether oxygens (including phenoxy) is 1. The molecule has 86 valence electrons. The van der Waals surface area contributed by atoms with Crippen molar-refractivity contribution in [1.82, 2.24) is 0 Å². The average Bonchev–Trinajstić information content (AvgIpc) is 2.96. The summed E-state index contributed by atoms with van der Waals surface area (Å²) in [5.74, 6) is 0.324. The maximum absolute atomic E-state index is 12.7. The molecule has 0 fully saturated rings. The van der Waals surface area contributed by atoms with Crippen molar-refractivity contribution in [3.8, 4) is 5.75 Å². The Morgan fingerprint density at radius 3 is 2.31 bits per heavy atom. The predicted molar refractivity (Wildman–Crippen MR) is 53.3 cm³/mol. The number of alkyl halides is 3. The van der Waals surface area contributed by atoms with E-state index in [4.69, 9.17) is 4.74 Å². The summed E-state index contributed by atoms with van der Waals surface area (Å²) in [7, 11) is 1.38. The monoisotopic (exact) mass is 294 g/mol. The van der Waals surface area contributed by atoms with Crippen LogP contribution in [-0.2, 0) is 5.66 Å². The number of hydrogen-bond donors (Lipinski definition) is 0. The molecule has 2 rings (SSSR count). The fourth-order valence-corrected chi connectivity index (χ4v) is 1.80. The van der Waals surface area contributed by atoms with Gasteiger partial charge in [-0.1, -0.05) is 15.9 Å². The molecule has 0 atom stereocenters. The number of methoxy groups -OCH3 is 1. The highest BCUT2D eigenvalue weighted by molar-refractivity contribution is 9.10. The Morgan fingerprint density at radius 2 is 1.88 bits per heavy atom. The van der Waals surface area contributed by atoms with E-state index in [1.54, 1.807) is 6.07 Å². The molecule has 1 aliphatic rings. The Bertz CT molecular complexity index is 453. The first-order chi connectivity index (χ1) is 7.39. The Hall–Kier alpha value is -1.11. The molecule has 3 nitrogen and oxygen atoms in total. The normalized spacial score (nSPS) is 17.3. The first-order valence-corrected chi connectivity index (χ1v) is 5.04. The SMILES string of the molecule is COc1cc(Br)cc(C2(C(F)(F)F)N=N2)c1. The van der Waals surface area contributed by atoms with Crippen molar-refractivity contribution < 1.29 is 17.9 Å². The fraction of sp³-hybridized carbons (Fsp3) is 0.333. The molecule has 0 N–H and O–H groups in total. The average molecular weight is 295 g/mol. The van der Waals surface area contributed by atoms with E-state index in [-0.39, 0.29) is 5.56 Å². The van der Waals surface area contributed by atoms with Crippen LogP contribution in [0.5, 0.6) is 5.75 Å². The quantitative estimate of drug-likeness (QED) is 0.820. The molecule has 0 aromatic heterocycles. The molecule has 0 radical (unpaired) electrons. The van der Waals surface area contributed by atoms with Crippen LogP contribution in [-0.4, -0.2) is 13.3 Å². The van der Waals surface area contributed by atoms with Crippen molar-refractivity contribution in [2.24, 2.45) is 10.2 Å². The van der Waals surface area contributed by atoms with Crippen LogP contribution in [0.3, 0.4) is 0 Å². The van der Waals surface area contributed by atoms with Crippen molar-refractivity contribution in [3.05, 3.63) is 28.2 Å². The van der Waals surface area contributed by atoms with E-state index in [1.165, 1.54) is 19.2 Å². The Kier molecular flexibility index (Phi) is 2.45. The number of benzene rings is 1. The van der Waals surface area contributed by atoms with E-state index in [2.05, 4.69) is 26.2 Å². The summed E-state index contributed by atoms with van der Waals surface area (Å²) < 4.78 is 43.5. The fourth-order valence-electron chi connectivity index (χ4n) is 1.32. The molecular formula is C9H6BrF3N2O. The van der Waals surface area contributed by atoms with Gasteiger partial charge in [0.05, 0.1) is 7.11 Å². The minimum atomic E-state index is -4.52. The number of halogens is 4. The summed E-state index contributed by atoms with van der Waals surface area (Å²) in [5.41, 5.74) is -2.45. The van der Waals surface area contributed by atoms with Gasteiger partial charge in [0.1, 0.15) is 5.75 Å². The predicted octanol–water partition coefficient (Wildman–Crippen LogP) is 3.64. The van der Waals surface area contributed by atoms with E-state index in [0.29, 0.717) is 10.2 Å². The summed E-state index contributed by atoms with van der Waals surface area (Å²) in [4.78, 5) is 0. The maximum Gasteiger partial charge on any atom is 0.442 e. The standard InChI is InChI=1S/C9H6BrF3N2O/c1-16-7-3-5(2-6(10)4-7)8(14-15-8)9(11,12)13/h2-4H,1H3. The molecular weight excluding hydrogens is 289 g/mol. The minimum Gasteiger partial charge on any atom is -0.497 e. The van der Waals surface area contributed by atoms with Gasteiger partial charge in [0.25, 0.3) is 0 Å². The van der Waals surface area contributed by atoms with E-state index >= 15 is 0 Å². The van der Waals surface area contributed by atoms with Gasteiger partial charge in [-0.25, -0.2) is 0 Å². The lowest BCUT2D eigenvalue weighted by Crippen LogP contribution is -2.30. The molecule has 7 heteroatoms. The van der Waals surface area contributed by atoms with Gasteiger partial charge in [-0.2, -0.15) is 13.2 Å². The van der Waals surface area contributed by atoms with Crippen molar-refractivity contribution in [2.45, 2.75) is 11.8 Å². The maximum atomic E-state index is 12.7. The van der Waals surface area contributed by atoms with Gasteiger partial charge in [-0.15, -0.1) is 10.2 Å². The molecule has 0 bridgehead atoms. The molecule has 0 amide bonds. The first kappa shape index (κ1) is 11.4. The van der Waals surface area contributed by atoms with Crippen LogP contribution in [0.1, 0.15) is 5.56 Å². The van der Waals surface area contributed by atoms with E-state index in [0.717, 1.165) is 0 Å². The molecule has 1 aromatic rings. The van der Waals surface area contributed by atoms with Gasteiger partial charge in [0.2, 0.25) is 0 Å². The molecule has 0 unspecified atom stereocenters. The van der Waals surface area contributed by atoms with Gasteiger partial charge in [0, 0.05) is 10.0 Å². The summed E-state index contributed by atoms with van der Waals surface area (Å²) in [6.07, 6.45) is -4.52. The van der Waals surface area contributed by atoms with E-state index in [9.17, 15) is 13.2 Å². The van der Waals surface area contributed by atoms with E-state index in [1.807, 2.05) is 0 Å². The lowest BCUT2D eigenvalue weighted by atomic mass is 10.0. The zero-order chi connectivity index (χ0) is 12.0. The number of rotatable bonds is 2. The lowest BCUT2D eigenvalue weighted by Gasteiger charge is -2.15. The zero-order valence-corrected chi connectivity index (χ0v) is 9.63. The van der Waals surface area contributed by atoms with Crippen LogP contribution in [0, 0.1) is 0 Å². The second kappa shape index (κ2) is 3.44. The smallest absolute Gasteiger partial charge is 0.442 e. The van der Waals surface area contributed by atoms with Crippen LogP contribution in [0.25, 0.3) is 0 Å². The Labute approximate surface area is 97.4 Å². The summed E-state index contributed by atoms with van der Waals surface area (Å²) in [6.45, 7) is 0. The van der Waals surface area contributed by atoms with Crippen LogP contribution in [0.15, 0.2) is 32.9 Å². The topological polar surface area (TPSA) is 34.0 Å². The minimum absolute atomic E-state index is 0.0498. The third-order valence-electron chi connectivity index (χ3n) is 2.20. The summed E-state index contributed by atoms with van der Waals surface area (Å²) >= 11 is 3.11. The van der Waals surface area contributed by atoms with Crippen molar-refractivity contribution in [1.29, 1.82) is 0 Å². The molecule has 16 heavy (non-hydrogen) atoms. The largest absolute Gasteiger partial charge is 0.497 e. The van der Waals surface area contributed by atoms with Crippen LogP contribution in [0.2, 0.25) is 0 Å². The molecule has 0 saturated carbocycles. The van der Waals surface area contributed by atoms with Crippen molar-refractivity contribution in [2.75, 3.05) is 7.11 Å². The highest BCUT2D eigenvalue weighted by Gasteiger charge is 2.65. The third-order valence-corrected chi connectivity index (χ3v) is 2.66. The molecule has 0 aliphatic carbocycles.